The minimum atomic E-state index is 0.441. The van der Waals surface area contributed by atoms with Crippen LogP contribution in [0.25, 0.3) is 0 Å². The molecule has 1 rings (SSSR count). The lowest BCUT2D eigenvalue weighted by molar-refractivity contribution is 0.110. The van der Waals surface area contributed by atoms with Gasteiger partial charge in [0.2, 0.25) is 0 Å². The van der Waals surface area contributed by atoms with E-state index in [1.807, 2.05) is 6.92 Å². The van der Waals surface area contributed by atoms with E-state index >= 15 is 0 Å². The van der Waals surface area contributed by atoms with Crippen molar-refractivity contribution in [1.82, 2.24) is 0 Å². The summed E-state index contributed by atoms with van der Waals surface area (Å²) in [6.07, 6.45) is 0.746. The number of rotatable bonds is 6. The third-order valence-corrected chi connectivity index (χ3v) is 2.08. The molecule has 0 spiro atoms. The van der Waals surface area contributed by atoms with Crippen molar-refractivity contribution in [3.8, 4) is 5.75 Å². The van der Waals surface area contributed by atoms with Crippen molar-refractivity contribution >= 4 is 17.9 Å². The number of halogens is 1. The van der Waals surface area contributed by atoms with Gasteiger partial charge in [0.15, 0.2) is 0 Å². The second-order valence-corrected chi connectivity index (χ2v) is 3.26. The third-order valence-electron chi connectivity index (χ3n) is 1.78. The lowest BCUT2D eigenvalue weighted by Gasteiger charge is -2.07. The summed E-state index contributed by atoms with van der Waals surface area (Å²) in [7, 11) is 0. The summed E-state index contributed by atoms with van der Waals surface area (Å²) >= 11 is 5.90. The Kier molecular flexibility index (Phi) is 5.15. The zero-order valence-corrected chi connectivity index (χ0v) is 9.29. The van der Waals surface area contributed by atoms with Crippen LogP contribution in [0.3, 0.4) is 0 Å². The number of aldehydes is 1. The molecule has 3 nitrogen and oxygen atoms in total. The lowest BCUT2D eigenvalue weighted by Crippen LogP contribution is -2.06. The Balaban J connectivity index is 2.50. The molecular weight excluding hydrogens is 216 g/mol. The monoisotopic (exact) mass is 228 g/mol. The second kappa shape index (κ2) is 6.43. The van der Waals surface area contributed by atoms with Gasteiger partial charge < -0.3 is 9.47 Å². The highest BCUT2D eigenvalue weighted by Crippen LogP contribution is 2.24. The molecule has 0 fully saturated rings. The molecule has 0 unspecified atom stereocenters. The molecule has 0 saturated carbocycles. The van der Waals surface area contributed by atoms with E-state index in [1.165, 1.54) is 0 Å². The van der Waals surface area contributed by atoms with E-state index in [9.17, 15) is 4.79 Å². The highest BCUT2D eigenvalue weighted by atomic mass is 35.5. The van der Waals surface area contributed by atoms with Crippen LogP contribution in [0.1, 0.15) is 17.3 Å². The minimum Gasteiger partial charge on any atom is -0.490 e. The van der Waals surface area contributed by atoms with Gasteiger partial charge in [-0.2, -0.15) is 0 Å². The molecule has 0 heterocycles. The molecule has 0 radical (unpaired) electrons. The van der Waals surface area contributed by atoms with Gasteiger partial charge >= 0.3 is 0 Å². The van der Waals surface area contributed by atoms with Gasteiger partial charge in [-0.15, -0.1) is 0 Å². The zero-order chi connectivity index (χ0) is 11.1. The van der Waals surface area contributed by atoms with Crippen molar-refractivity contribution in [3.63, 3.8) is 0 Å². The SMILES string of the molecule is CCOCCOc1ccc(C=O)cc1Cl. The van der Waals surface area contributed by atoms with Crippen LogP contribution in [-0.4, -0.2) is 26.1 Å². The van der Waals surface area contributed by atoms with Crippen LogP contribution in [0.2, 0.25) is 5.02 Å². The van der Waals surface area contributed by atoms with Crippen molar-refractivity contribution in [2.24, 2.45) is 0 Å². The van der Waals surface area contributed by atoms with E-state index in [0.29, 0.717) is 36.2 Å². The van der Waals surface area contributed by atoms with Crippen LogP contribution in [0.4, 0.5) is 0 Å². The maximum absolute atomic E-state index is 10.4. The van der Waals surface area contributed by atoms with Crippen LogP contribution >= 0.6 is 11.6 Å². The van der Waals surface area contributed by atoms with E-state index in [0.717, 1.165) is 6.29 Å². The van der Waals surface area contributed by atoms with Gasteiger partial charge in [-0.05, 0) is 25.1 Å². The van der Waals surface area contributed by atoms with Crippen LogP contribution in [-0.2, 0) is 4.74 Å². The molecule has 0 aliphatic rings. The van der Waals surface area contributed by atoms with Crippen molar-refractivity contribution in [2.45, 2.75) is 6.92 Å². The van der Waals surface area contributed by atoms with E-state index in [4.69, 9.17) is 21.1 Å². The Hall–Kier alpha value is -1.06. The molecule has 15 heavy (non-hydrogen) atoms. The smallest absolute Gasteiger partial charge is 0.150 e. The van der Waals surface area contributed by atoms with E-state index < -0.39 is 0 Å². The number of ether oxygens (including phenoxy) is 2. The fourth-order valence-corrected chi connectivity index (χ4v) is 1.31. The van der Waals surface area contributed by atoms with Gasteiger partial charge in [0, 0.05) is 12.2 Å². The second-order valence-electron chi connectivity index (χ2n) is 2.85. The molecule has 0 bridgehead atoms. The van der Waals surface area contributed by atoms with Crippen LogP contribution < -0.4 is 4.74 Å². The Morgan fingerprint density at radius 3 is 2.80 bits per heavy atom. The number of carbonyl (C=O) groups excluding carboxylic acids is 1. The first-order valence-corrected chi connectivity index (χ1v) is 5.11. The highest BCUT2D eigenvalue weighted by molar-refractivity contribution is 6.32. The Morgan fingerprint density at radius 2 is 2.20 bits per heavy atom. The highest BCUT2D eigenvalue weighted by Gasteiger charge is 2.02. The standard InChI is InChI=1S/C11H13ClO3/c1-2-14-5-6-15-11-4-3-9(8-13)7-10(11)12/h3-4,7-8H,2,5-6H2,1H3. The topological polar surface area (TPSA) is 35.5 Å². The Labute approximate surface area is 93.9 Å². The van der Waals surface area contributed by atoms with Gasteiger partial charge in [-0.1, -0.05) is 11.6 Å². The molecule has 4 heteroatoms. The molecule has 1 aromatic carbocycles. The predicted molar refractivity (Wildman–Crippen MR) is 58.8 cm³/mol. The summed E-state index contributed by atoms with van der Waals surface area (Å²) in [5.74, 6) is 0.571. The first kappa shape index (κ1) is 12.0. The van der Waals surface area contributed by atoms with Crippen LogP contribution in [0, 0.1) is 0 Å². The first-order chi connectivity index (χ1) is 7.27. The number of hydrogen-bond donors (Lipinski definition) is 0. The summed E-state index contributed by atoms with van der Waals surface area (Å²) in [6.45, 7) is 3.57. The van der Waals surface area contributed by atoms with Crippen molar-refractivity contribution in [1.29, 1.82) is 0 Å². The summed E-state index contributed by atoms with van der Waals surface area (Å²) in [6, 6.07) is 4.91. The third kappa shape index (κ3) is 3.90. The van der Waals surface area contributed by atoms with E-state index in [2.05, 4.69) is 0 Å². The van der Waals surface area contributed by atoms with Crippen molar-refractivity contribution in [3.05, 3.63) is 28.8 Å². The number of carbonyl (C=O) groups is 1. The Bertz CT molecular complexity index is 326. The molecule has 0 aliphatic carbocycles. The Morgan fingerprint density at radius 1 is 1.40 bits per heavy atom. The number of benzene rings is 1. The van der Waals surface area contributed by atoms with Gasteiger partial charge in [0.25, 0.3) is 0 Å². The van der Waals surface area contributed by atoms with Crippen LogP contribution in [0.5, 0.6) is 5.75 Å². The molecule has 0 saturated heterocycles. The van der Waals surface area contributed by atoms with Crippen molar-refractivity contribution in [2.75, 3.05) is 19.8 Å². The van der Waals surface area contributed by atoms with Crippen molar-refractivity contribution < 1.29 is 14.3 Å². The molecule has 82 valence electrons. The zero-order valence-electron chi connectivity index (χ0n) is 8.53. The average Bonchev–Trinajstić information content (AvgIpc) is 2.26. The number of hydrogen-bond acceptors (Lipinski definition) is 3. The molecule has 0 aromatic heterocycles. The maximum atomic E-state index is 10.4. The molecule has 0 amide bonds. The fourth-order valence-electron chi connectivity index (χ4n) is 1.06. The molecule has 1 aromatic rings. The molecule has 0 atom stereocenters. The largest absolute Gasteiger partial charge is 0.490 e. The molecule has 0 N–H and O–H groups in total. The quantitative estimate of drug-likeness (QED) is 0.555. The minimum absolute atomic E-state index is 0.441. The average molecular weight is 229 g/mol. The summed E-state index contributed by atoms with van der Waals surface area (Å²) in [4.78, 5) is 10.4. The van der Waals surface area contributed by atoms with E-state index in [1.54, 1.807) is 18.2 Å². The van der Waals surface area contributed by atoms with E-state index in [-0.39, 0.29) is 0 Å². The van der Waals surface area contributed by atoms with Gasteiger partial charge in [0.1, 0.15) is 18.6 Å². The first-order valence-electron chi connectivity index (χ1n) is 4.73. The normalized spacial score (nSPS) is 10.0. The van der Waals surface area contributed by atoms with Crippen LogP contribution in [0.15, 0.2) is 18.2 Å². The molecular formula is C11H13ClO3. The lowest BCUT2D eigenvalue weighted by atomic mass is 10.2. The maximum Gasteiger partial charge on any atom is 0.150 e. The van der Waals surface area contributed by atoms with Gasteiger partial charge in [-0.3, -0.25) is 4.79 Å². The van der Waals surface area contributed by atoms with Gasteiger partial charge in [-0.25, -0.2) is 0 Å². The van der Waals surface area contributed by atoms with Gasteiger partial charge in [0.05, 0.1) is 11.6 Å². The summed E-state index contributed by atoms with van der Waals surface area (Å²) < 4.78 is 10.5. The fraction of sp³-hybridized carbons (Fsp3) is 0.364. The summed E-state index contributed by atoms with van der Waals surface area (Å²) in [5.41, 5.74) is 0.539. The summed E-state index contributed by atoms with van der Waals surface area (Å²) in [5, 5.41) is 0.441. The predicted octanol–water partition coefficient (Wildman–Crippen LogP) is 2.57. The molecule has 0 aliphatic heterocycles.